The molecule has 0 radical (unpaired) electrons. The molecule has 39 heavy (non-hydrogen) atoms. The first-order chi connectivity index (χ1) is 18.6. The van der Waals surface area contributed by atoms with Gasteiger partial charge in [-0.05, 0) is 62.6 Å². The van der Waals surface area contributed by atoms with E-state index in [0.29, 0.717) is 17.8 Å². The number of carbonyl (C=O) groups is 3. The molecule has 0 aliphatic carbocycles. The summed E-state index contributed by atoms with van der Waals surface area (Å²) >= 11 is 0. The van der Waals surface area contributed by atoms with Gasteiger partial charge in [0.25, 0.3) is 5.91 Å². The van der Waals surface area contributed by atoms with E-state index in [2.05, 4.69) is 17.6 Å². The normalized spacial score (nSPS) is 12.0. The average Bonchev–Trinajstić information content (AvgIpc) is 2.89. The Kier molecular flexibility index (Phi) is 10.5. The van der Waals surface area contributed by atoms with Crippen LogP contribution in [0.3, 0.4) is 0 Å². The van der Waals surface area contributed by atoms with Crippen LogP contribution in [0.4, 0.5) is 10.5 Å². The first-order valence-corrected chi connectivity index (χ1v) is 13.7. The van der Waals surface area contributed by atoms with Crippen molar-refractivity contribution >= 4 is 34.4 Å². The minimum absolute atomic E-state index is 0.270. The number of hydrogen-bond donors (Lipinski definition) is 2. The molecular weight excluding hydrogens is 490 g/mol. The van der Waals surface area contributed by atoms with Crippen LogP contribution in [0, 0.1) is 6.92 Å². The molecule has 0 saturated carbocycles. The van der Waals surface area contributed by atoms with Crippen molar-refractivity contribution in [3.05, 3.63) is 77.9 Å². The van der Waals surface area contributed by atoms with Gasteiger partial charge in [0.2, 0.25) is 5.91 Å². The summed E-state index contributed by atoms with van der Waals surface area (Å²) in [5.74, 6) is -0.660. The van der Waals surface area contributed by atoms with E-state index >= 15 is 0 Å². The molecule has 7 nitrogen and oxygen atoms in total. The Balaban J connectivity index is 1.90. The predicted molar refractivity (Wildman–Crippen MR) is 157 cm³/mol. The Bertz CT molecular complexity index is 1260. The smallest absolute Gasteiger partial charge is 0.408 e. The van der Waals surface area contributed by atoms with Gasteiger partial charge in [0.05, 0.1) is 0 Å². The molecule has 0 aromatic heterocycles. The van der Waals surface area contributed by atoms with Crippen molar-refractivity contribution in [2.45, 2.75) is 71.9 Å². The quantitative estimate of drug-likeness (QED) is 0.268. The zero-order valence-corrected chi connectivity index (χ0v) is 23.8. The number of fused-ring (bicyclic) bond motifs is 1. The highest BCUT2D eigenvalue weighted by molar-refractivity contribution is 6.00. The first-order valence-electron chi connectivity index (χ1n) is 13.7. The summed E-state index contributed by atoms with van der Waals surface area (Å²) in [7, 11) is 0. The number of amides is 3. The second-order valence-corrected chi connectivity index (χ2v) is 10.9. The summed E-state index contributed by atoms with van der Waals surface area (Å²) in [5, 5.41) is 7.68. The second-order valence-electron chi connectivity index (χ2n) is 10.9. The van der Waals surface area contributed by atoms with Crippen molar-refractivity contribution in [3.63, 3.8) is 0 Å². The van der Waals surface area contributed by atoms with E-state index in [-0.39, 0.29) is 18.4 Å². The van der Waals surface area contributed by atoms with Crippen LogP contribution in [-0.4, -0.2) is 41.5 Å². The number of aryl methyl sites for hydroxylation is 1. The number of hydrogen-bond acceptors (Lipinski definition) is 4. The molecule has 7 heteroatoms. The average molecular weight is 532 g/mol. The lowest BCUT2D eigenvalue weighted by atomic mass is 10.0. The molecule has 2 N–H and O–H groups in total. The Labute approximate surface area is 231 Å². The van der Waals surface area contributed by atoms with Crippen molar-refractivity contribution in [1.29, 1.82) is 0 Å². The summed E-state index contributed by atoms with van der Waals surface area (Å²) in [5.41, 5.74) is 1.73. The number of alkyl carbamates (subject to hydrolysis) is 1. The van der Waals surface area contributed by atoms with Crippen LogP contribution in [0.2, 0.25) is 0 Å². The molecule has 3 aromatic carbocycles. The van der Waals surface area contributed by atoms with E-state index in [4.69, 9.17) is 4.74 Å². The number of nitrogens with zero attached hydrogens (tertiary/aromatic N) is 1. The SMILES string of the molecule is CCCCCCN(C(=O)CNC(=O)OC(C)(C)C)C(C(=O)Nc1ccc2ccccc2c1)c1ccc(C)cc1. The van der Waals surface area contributed by atoms with E-state index in [0.717, 1.165) is 42.0 Å². The van der Waals surface area contributed by atoms with Crippen LogP contribution in [0.1, 0.15) is 70.5 Å². The van der Waals surface area contributed by atoms with Crippen LogP contribution in [0.15, 0.2) is 66.7 Å². The monoisotopic (exact) mass is 531 g/mol. The van der Waals surface area contributed by atoms with Gasteiger partial charge in [-0.1, -0.05) is 86.3 Å². The maximum atomic E-state index is 13.9. The molecule has 0 bridgehead atoms. The molecule has 0 spiro atoms. The number of nitrogens with one attached hydrogen (secondary N) is 2. The Morgan fingerprint density at radius 3 is 2.26 bits per heavy atom. The van der Waals surface area contributed by atoms with Crippen LogP contribution in [-0.2, 0) is 14.3 Å². The minimum Gasteiger partial charge on any atom is -0.444 e. The molecule has 208 valence electrons. The number of carbonyl (C=O) groups excluding carboxylic acids is 3. The number of rotatable bonds is 11. The van der Waals surface area contributed by atoms with Gasteiger partial charge in [0.1, 0.15) is 18.2 Å². The zero-order chi connectivity index (χ0) is 28.4. The van der Waals surface area contributed by atoms with Gasteiger partial charge >= 0.3 is 6.09 Å². The molecule has 1 unspecified atom stereocenters. The number of anilines is 1. The van der Waals surface area contributed by atoms with Gasteiger partial charge in [-0.3, -0.25) is 9.59 Å². The molecule has 0 aliphatic rings. The molecule has 1 atom stereocenters. The molecule has 0 saturated heterocycles. The van der Waals surface area contributed by atoms with Gasteiger partial charge in [0.15, 0.2) is 0 Å². The lowest BCUT2D eigenvalue weighted by Gasteiger charge is -2.32. The summed E-state index contributed by atoms with van der Waals surface area (Å²) < 4.78 is 5.30. The second kappa shape index (κ2) is 13.8. The number of benzene rings is 3. The molecule has 0 fully saturated rings. The van der Waals surface area contributed by atoms with Crippen molar-refractivity contribution in [1.82, 2.24) is 10.2 Å². The third kappa shape index (κ3) is 9.13. The lowest BCUT2D eigenvalue weighted by molar-refractivity contribution is -0.138. The molecular formula is C32H41N3O4. The van der Waals surface area contributed by atoms with Gasteiger partial charge < -0.3 is 20.3 Å². The van der Waals surface area contributed by atoms with E-state index in [1.54, 1.807) is 25.7 Å². The summed E-state index contributed by atoms with van der Waals surface area (Å²) in [4.78, 5) is 41.3. The maximum Gasteiger partial charge on any atom is 0.408 e. The number of ether oxygens (including phenoxy) is 1. The topological polar surface area (TPSA) is 87.7 Å². The molecule has 3 amide bonds. The standard InChI is InChI=1S/C32H41N3O4/c1-6-7-8-11-20-35(28(36)22-33-31(38)39-32(3,4)5)29(25-16-14-23(2)15-17-25)30(37)34-27-19-18-24-12-9-10-13-26(24)21-27/h9-10,12-19,21,29H,6-8,11,20,22H2,1-5H3,(H,33,38)(H,34,37). The van der Waals surface area contributed by atoms with Gasteiger partial charge in [-0.2, -0.15) is 0 Å². The minimum atomic E-state index is -0.869. The Morgan fingerprint density at radius 1 is 0.897 bits per heavy atom. The van der Waals surface area contributed by atoms with Gasteiger partial charge in [-0.15, -0.1) is 0 Å². The zero-order valence-electron chi connectivity index (χ0n) is 23.8. The van der Waals surface area contributed by atoms with E-state index in [1.165, 1.54) is 0 Å². The highest BCUT2D eigenvalue weighted by Crippen LogP contribution is 2.26. The first kappa shape index (κ1) is 29.7. The lowest BCUT2D eigenvalue weighted by Crippen LogP contribution is -2.47. The highest BCUT2D eigenvalue weighted by Gasteiger charge is 2.31. The fourth-order valence-corrected chi connectivity index (χ4v) is 4.37. The fourth-order valence-electron chi connectivity index (χ4n) is 4.37. The van der Waals surface area contributed by atoms with Crippen molar-refractivity contribution in [2.24, 2.45) is 0 Å². The Morgan fingerprint density at radius 2 is 1.59 bits per heavy atom. The van der Waals surface area contributed by atoms with Crippen LogP contribution >= 0.6 is 0 Å². The van der Waals surface area contributed by atoms with Gasteiger partial charge in [0, 0.05) is 12.2 Å². The van der Waals surface area contributed by atoms with Crippen molar-refractivity contribution in [3.8, 4) is 0 Å². The number of unbranched alkanes of at least 4 members (excludes halogenated alkanes) is 3. The summed E-state index contributed by atoms with van der Waals surface area (Å²) in [6.07, 6.45) is 3.10. The highest BCUT2D eigenvalue weighted by atomic mass is 16.6. The molecule has 3 rings (SSSR count). The van der Waals surface area contributed by atoms with Gasteiger partial charge in [-0.25, -0.2) is 4.79 Å². The summed E-state index contributed by atoms with van der Waals surface area (Å²) in [6.45, 7) is 9.51. The summed E-state index contributed by atoms with van der Waals surface area (Å²) in [6, 6.07) is 20.5. The Hall–Kier alpha value is -3.87. The third-order valence-electron chi connectivity index (χ3n) is 6.33. The maximum absolute atomic E-state index is 13.9. The van der Waals surface area contributed by atoms with Crippen LogP contribution in [0.5, 0.6) is 0 Å². The van der Waals surface area contributed by atoms with Crippen molar-refractivity contribution < 1.29 is 19.1 Å². The van der Waals surface area contributed by atoms with Crippen LogP contribution in [0.25, 0.3) is 10.8 Å². The third-order valence-corrected chi connectivity index (χ3v) is 6.33. The molecule has 0 aliphatic heterocycles. The molecule has 0 heterocycles. The van der Waals surface area contributed by atoms with Crippen LogP contribution < -0.4 is 10.6 Å². The largest absolute Gasteiger partial charge is 0.444 e. The van der Waals surface area contributed by atoms with E-state index < -0.39 is 17.7 Å². The predicted octanol–water partition coefficient (Wildman–Crippen LogP) is 6.76. The fraction of sp³-hybridized carbons (Fsp3) is 0.406. The van der Waals surface area contributed by atoms with E-state index in [1.807, 2.05) is 73.7 Å². The van der Waals surface area contributed by atoms with Crippen molar-refractivity contribution in [2.75, 3.05) is 18.4 Å². The van der Waals surface area contributed by atoms with E-state index in [9.17, 15) is 14.4 Å². The molecule has 3 aromatic rings.